The summed E-state index contributed by atoms with van der Waals surface area (Å²) in [6.07, 6.45) is 4.18. The van der Waals surface area contributed by atoms with Crippen LogP contribution in [-0.4, -0.2) is 23.0 Å². The summed E-state index contributed by atoms with van der Waals surface area (Å²) in [5.74, 6) is 0. The van der Waals surface area contributed by atoms with E-state index in [0.717, 1.165) is 59.6 Å². The molecular weight excluding hydrogens is 462 g/mol. The number of thiophene rings is 1. The molecule has 0 amide bonds. The summed E-state index contributed by atoms with van der Waals surface area (Å²) in [5.41, 5.74) is 16.9. The van der Waals surface area contributed by atoms with Gasteiger partial charge >= 0.3 is 0 Å². The molecule has 186 valence electrons. The molecule has 2 heterocycles. The van der Waals surface area contributed by atoms with E-state index in [1.165, 1.54) is 38.2 Å². The van der Waals surface area contributed by atoms with Gasteiger partial charge in [-0.1, -0.05) is 56.8 Å². The molecule has 0 atom stereocenters. The van der Waals surface area contributed by atoms with E-state index >= 15 is 0 Å². The fourth-order valence-corrected chi connectivity index (χ4v) is 5.66. The number of rotatable bonds is 9. The Hall–Kier alpha value is -3.48. The van der Waals surface area contributed by atoms with E-state index in [4.69, 9.17) is 11.1 Å². The molecule has 6 heteroatoms. The Morgan fingerprint density at radius 1 is 1.17 bits per heavy atom. The number of nitrogens with zero attached hydrogens (tertiary/aromatic N) is 1. The van der Waals surface area contributed by atoms with Gasteiger partial charge in [0, 0.05) is 51.3 Å². The number of hydrogen-bond acceptors (Lipinski definition) is 5. The van der Waals surface area contributed by atoms with E-state index in [-0.39, 0.29) is 0 Å². The van der Waals surface area contributed by atoms with Crippen molar-refractivity contribution in [1.82, 2.24) is 15.5 Å². The fraction of sp³-hybridized carbons (Fsp3) is 0.267. The number of fused-ring (bicyclic) bond motifs is 3. The van der Waals surface area contributed by atoms with Crippen molar-refractivity contribution >= 4 is 17.6 Å². The largest absolute Gasteiger partial charge is 0.385 e. The van der Waals surface area contributed by atoms with Crippen LogP contribution in [-0.2, 0) is 13.0 Å². The number of allylic oxidation sites excluding steroid dienone is 1. The van der Waals surface area contributed by atoms with Gasteiger partial charge in [-0.3, -0.25) is 5.10 Å². The SMILES string of the molecule is C=C(CCCN)NCc1ccc(-c2cc3c(s2)Cc2c(-c4ccc(C=N)c(C)c4)n[nH]c2-3)cc1.CC. The Morgan fingerprint density at radius 3 is 2.61 bits per heavy atom. The van der Waals surface area contributed by atoms with Gasteiger partial charge in [0.15, 0.2) is 0 Å². The van der Waals surface area contributed by atoms with Crippen LogP contribution in [0.2, 0.25) is 0 Å². The smallest absolute Gasteiger partial charge is 0.0963 e. The Bertz CT molecular complexity index is 1360. The number of aromatic nitrogens is 2. The molecule has 0 radical (unpaired) electrons. The average Bonchev–Trinajstić information content (AvgIpc) is 3.59. The molecular formula is C30H35N5S. The standard InChI is InChI=1S/C28H29N5S.C2H6/c1-17-12-21(9-10-22(17)15-30)27-24-14-26-23(28(24)33-32-27)13-25(34-26)20-7-5-19(6-8-20)16-31-18(2)4-3-11-29;1-2/h5-10,12-13,15,30-31H,2-4,11,14,16,29H2,1H3,(H,32,33);1-2H3. The van der Waals surface area contributed by atoms with Crippen molar-refractivity contribution in [1.29, 1.82) is 5.41 Å². The molecule has 4 aromatic rings. The van der Waals surface area contributed by atoms with Crippen LogP contribution in [0.5, 0.6) is 0 Å². The minimum atomic E-state index is 0.694. The predicted molar refractivity (Wildman–Crippen MR) is 154 cm³/mol. The number of benzene rings is 2. The number of aromatic amines is 1. The molecule has 0 saturated carbocycles. The lowest BCUT2D eigenvalue weighted by atomic mass is 10.0. The molecule has 36 heavy (non-hydrogen) atoms. The van der Waals surface area contributed by atoms with Gasteiger partial charge in [0.2, 0.25) is 0 Å². The second-order valence-corrected chi connectivity index (χ2v) is 9.95. The van der Waals surface area contributed by atoms with Crippen LogP contribution in [0, 0.1) is 12.3 Å². The fourth-order valence-electron chi connectivity index (χ4n) is 4.48. The van der Waals surface area contributed by atoms with Crippen molar-refractivity contribution in [3.63, 3.8) is 0 Å². The first-order chi connectivity index (χ1) is 17.6. The number of nitrogens with two attached hydrogens (primary N) is 1. The highest BCUT2D eigenvalue weighted by Crippen LogP contribution is 2.46. The summed E-state index contributed by atoms with van der Waals surface area (Å²) >= 11 is 1.86. The Morgan fingerprint density at radius 2 is 1.92 bits per heavy atom. The van der Waals surface area contributed by atoms with Crippen LogP contribution in [0.1, 0.15) is 53.8 Å². The highest BCUT2D eigenvalue weighted by atomic mass is 32.1. The topological polar surface area (TPSA) is 90.6 Å². The first-order valence-electron chi connectivity index (χ1n) is 12.6. The molecule has 0 saturated heterocycles. The zero-order valence-electron chi connectivity index (χ0n) is 21.4. The van der Waals surface area contributed by atoms with Crippen LogP contribution in [0.4, 0.5) is 0 Å². The first-order valence-corrected chi connectivity index (χ1v) is 13.4. The Labute approximate surface area is 218 Å². The van der Waals surface area contributed by atoms with Crippen molar-refractivity contribution in [2.75, 3.05) is 6.54 Å². The number of hydrogen-bond donors (Lipinski definition) is 4. The van der Waals surface area contributed by atoms with Crippen molar-refractivity contribution in [3.8, 4) is 33.0 Å². The molecule has 0 spiro atoms. The van der Waals surface area contributed by atoms with Crippen LogP contribution >= 0.6 is 11.3 Å². The van der Waals surface area contributed by atoms with E-state index in [1.807, 2.05) is 38.2 Å². The maximum Gasteiger partial charge on any atom is 0.0963 e. The summed E-state index contributed by atoms with van der Waals surface area (Å²) in [6, 6.07) is 17.2. The quantitative estimate of drug-likeness (QED) is 0.164. The summed E-state index contributed by atoms with van der Waals surface area (Å²) in [4.78, 5) is 2.67. The zero-order chi connectivity index (χ0) is 25.7. The van der Waals surface area contributed by atoms with Gasteiger partial charge in [0.05, 0.1) is 11.4 Å². The lowest BCUT2D eigenvalue weighted by Gasteiger charge is -2.09. The lowest BCUT2D eigenvalue weighted by molar-refractivity contribution is 0.719. The van der Waals surface area contributed by atoms with E-state index in [1.54, 1.807) is 0 Å². The molecule has 2 aromatic carbocycles. The van der Waals surface area contributed by atoms with Crippen LogP contribution in [0.3, 0.4) is 0 Å². The maximum absolute atomic E-state index is 7.53. The Kier molecular flexibility index (Phi) is 8.18. The first kappa shape index (κ1) is 25.6. The highest BCUT2D eigenvalue weighted by Gasteiger charge is 2.27. The van der Waals surface area contributed by atoms with Crippen molar-refractivity contribution in [2.45, 2.75) is 46.6 Å². The molecule has 0 unspecified atom stereocenters. The van der Waals surface area contributed by atoms with Crippen LogP contribution < -0.4 is 11.1 Å². The predicted octanol–water partition coefficient (Wildman–Crippen LogP) is 7.05. The van der Waals surface area contributed by atoms with Gasteiger partial charge in [-0.25, -0.2) is 0 Å². The molecule has 5 N–H and O–H groups in total. The second-order valence-electron chi connectivity index (χ2n) is 8.81. The van der Waals surface area contributed by atoms with Crippen molar-refractivity contribution in [2.24, 2.45) is 5.73 Å². The number of nitrogens with one attached hydrogen (secondary N) is 3. The third kappa shape index (κ3) is 5.20. The van der Waals surface area contributed by atoms with Crippen LogP contribution in [0.15, 0.2) is 60.8 Å². The lowest BCUT2D eigenvalue weighted by Crippen LogP contribution is -2.13. The molecule has 5 rings (SSSR count). The minimum Gasteiger partial charge on any atom is -0.385 e. The molecule has 1 aliphatic rings. The number of aryl methyl sites for hydroxylation is 1. The third-order valence-electron chi connectivity index (χ3n) is 6.45. The summed E-state index contributed by atoms with van der Waals surface area (Å²) in [6.45, 7) is 11.6. The maximum atomic E-state index is 7.53. The third-order valence-corrected chi connectivity index (χ3v) is 7.63. The monoisotopic (exact) mass is 497 g/mol. The normalized spacial score (nSPS) is 11.3. The summed E-state index contributed by atoms with van der Waals surface area (Å²) < 4.78 is 0. The minimum absolute atomic E-state index is 0.694. The van der Waals surface area contributed by atoms with Crippen LogP contribution in [0.25, 0.3) is 33.0 Å². The molecule has 0 aliphatic heterocycles. The van der Waals surface area contributed by atoms with Crippen molar-refractivity contribution < 1.29 is 0 Å². The van der Waals surface area contributed by atoms with E-state index in [9.17, 15) is 0 Å². The van der Waals surface area contributed by atoms with E-state index in [0.29, 0.717) is 6.54 Å². The second kappa shape index (κ2) is 11.5. The van der Waals surface area contributed by atoms with Gasteiger partial charge in [0.1, 0.15) is 0 Å². The number of H-pyrrole nitrogens is 1. The van der Waals surface area contributed by atoms with Gasteiger partial charge in [-0.2, -0.15) is 5.10 Å². The summed E-state index contributed by atoms with van der Waals surface area (Å²) in [7, 11) is 0. The Balaban J connectivity index is 0.00000148. The summed E-state index contributed by atoms with van der Waals surface area (Å²) in [5, 5.41) is 18.9. The highest BCUT2D eigenvalue weighted by molar-refractivity contribution is 7.16. The van der Waals surface area contributed by atoms with Crippen molar-refractivity contribution in [3.05, 3.63) is 87.9 Å². The average molecular weight is 498 g/mol. The molecule has 1 aliphatic carbocycles. The molecule has 5 nitrogen and oxygen atoms in total. The zero-order valence-corrected chi connectivity index (χ0v) is 22.2. The van der Waals surface area contributed by atoms with Gasteiger partial charge < -0.3 is 16.5 Å². The van der Waals surface area contributed by atoms with E-state index in [2.05, 4.69) is 64.6 Å². The van der Waals surface area contributed by atoms with Gasteiger partial charge in [0.25, 0.3) is 0 Å². The molecule has 0 fully saturated rings. The van der Waals surface area contributed by atoms with E-state index < -0.39 is 0 Å². The molecule has 2 aromatic heterocycles. The molecule has 0 bridgehead atoms. The van der Waals surface area contributed by atoms with Gasteiger partial charge in [-0.15, -0.1) is 11.3 Å². The van der Waals surface area contributed by atoms with Gasteiger partial charge in [-0.05, 0) is 60.7 Å².